The maximum absolute atomic E-state index is 13.2. The molecule has 2 atom stereocenters. The standard InChI is InChI=1S/C25H36N2O2/c1-18(2)9-10-29-21-7-5-19(6-8-21)14-26-27-22(28)25-13-20-11-23(3,16-25)15-24(4,12-20)17-25/h5-8,14,18,20H,9-13,15-17H2,1-4H3,(H,27,28)/b26-14+. The average Bonchev–Trinajstić information content (AvgIpc) is 2.59. The lowest BCUT2D eigenvalue weighted by atomic mass is 9.40. The van der Waals surface area contributed by atoms with Crippen molar-refractivity contribution in [1.29, 1.82) is 0 Å². The zero-order valence-corrected chi connectivity index (χ0v) is 18.5. The summed E-state index contributed by atoms with van der Waals surface area (Å²) in [6.07, 6.45) is 9.75. The van der Waals surface area contributed by atoms with E-state index >= 15 is 0 Å². The van der Waals surface area contributed by atoms with Crippen LogP contribution in [0.15, 0.2) is 29.4 Å². The van der Waals surface area contributed by atoms with Crippen molar-refractivity contribution in [1.82, 2.24) is 5.43 Å². The summed E-state index contributed by atoms with van der Waals surface area (Å²) < 4.78 is 5.76. The number of ether oxygens (including phenoxy) is 1. The van der Waals surface area contributed by atoms with E-state index in [0.29, 0.717) is 22.7 Å². The number of nitrogens with zero attached hydrogens (tertiary/aromatic N) is 1. The van der Waals surface area contributed by atoms with E-state index < -0.39 is 0 Å². The molecule has 4 bridgehead atoms. The first-order valence-electron chi connectivity index (χ1n) is 11.3. The van der Waals surface area contributed by atoms with Crippen molar-refractivity contribution in [2.75, 3.05) is 6.61 Å². The fraction of sp³-hybridized carbons (Fsp3) is 0.680. The Bertz CT molecular complexity index is 765. The number of hydrazone groups is 1. The SMILES string of the molecule is CC(C)CCOc1ccc(/C=N/NC(=O)C23CC4CC(C)(CC(C)(C4)C2)C3)cc1. The van der Waals surface area contributed by atoms with Gasteiger partial charge in [-0.2, -0.15) is 5.10 Å². The van der Waals surface area contributed by atoms with Gasteiger partial charge in [0, 0.05) is 0 Å². The Kier molecular flexibility index (Phi) is 5.25. The Morgan fingerprint density at radius 2 is 1.79 bits per heavy atom. The normalized spacial score (nSPS) is 35.4. The van der Waals surface area contributed by atoms with Crippen LogP contribution in [0.1, 0.15) is 78.2 Å². The van der Waals surface area contributed by atoms with Gasteiger partial charge in [0.25, 0.3) is 0 Å². The molecule has 4 aliphatic rings. The summed E-state index contributed by atoms with van der Waals surface area (Å²) in [4.78, 5) is 13.2. The van der Waals surface area contributed by atoms with Gasteiger partial charge in [0.1, 0.15) is 5.75 Å². The summed E-state index contributed by atoms with van der Waals surface area (Å²) in [5, 5.41) is 4.29. The van der Waals surface area contributed by atoms with Gasteiger partial charge in [0.15, 0.2) is 0 Å². The van der Waals surface area contributed by atoms with Crippen LogP contribution in [0.5, 0.6) is 5.75 Å². The fourth-order valence-electron chi connectivity index (χ4n) is 7.05. The quantitative estimate of drug-likeness (QED) is 0.485. The second-order valence-corrected chi connectivity index (χ2v) is 11.2. The van der Waals surface area contributed by atoms with Gasteiger partial charge < -0.3 is 4.74 Å². The zero-order valence-electron chi connectivity index (χ0n) is 18.5. The van der Waals surface area contributed by atoms with Gasteiger partial charge in [-0.1, -0.05) is 27.7 Å². The van der Waals surface area contributed by atoms with Gasteiger partial charge in [-0.05, 0) is 97.4 Å². The predicted octanol–water partition coefficient (Wildman–Crippen LogP) is 5.56. The molecule has 1 amide bonds. The van der Waals surface area contributed by atoms with Crippen LogP contribution in [0.25, 0.3) is 0 Å². The van der Waals surface area contributed by atoms with E-state index in [1.54, 1.807) is 6.21 Å². The van der Waals surface area contributed by atoms with E-state index in [4.69, 9.17) is 4.74 Å². The predicted molar refractivity (Wildman–Crippen MR) is 117 cm³/mol. The van der Waals surface area contributed by atoms with Crippen molar-refractivity contribution >= 4 is 12.1 Å². The molecule has 4 saturated carbocycles. The van der Waals surface area contributed by atoms with E-state index in [1.165, 1.54) is 19.3 Å². The molecule has 4 heteroatoms. The third kappa shape index (κ3) is 4.36. The highest BCUT2D eigenvalue weighted by atomic mass is 16.5. The minimum atomic E-state index is -0.214. The number of carbonyl (C=O) groups excluding carboxylic acids is 1. The number of benzene rings is 1. The summed E-state index contributed by atoms with van der Waals surface area (Å²) in [5.74, 6) is 2.36. The monoisotopic (exact) mass is 396 g/mol. The fourth-order valence-corrected chi connectivity index (χ4v) is 7.05. The van der Waals surface area contributed by atoms with Crippen LogP contribution in [0.4, 0.5) is 0 Å². The van der Waals surface area contributed by atoms with Crippen LogP contribution in [-0.4, -0.2) is 18.7 Å². The Morgan fingerprint density at radius 1 is 1.14 bits per heavy atom. The lowest BCUT2D eigenvalue weighted by molar-refractivity contribution is -0.170. The molecule has 2 unspecified atom stereocenters. The largest absolute Gasteiger partial charge is 0.494 e. The van der Waals surface area contributed by atoms with Crippen LogP contribution < -0.4 is 10.2 Å². The third-order valence-electron chi connectivity index (χ3n) is 7.33. The summed E-state index contributed by atoms with van der Waals surface area (Å²) in [6, 6.07) is 7.88. The molecule has 29 heavy (non-hydrogen) atoms. The first-order chi connectivity index (χ1) is 13.7. The smallest absolute Gasteiger partial charge is 0.246 e. The molecule has 4 fully saturated rings. The molecular weight excluding hydrogens is 360 g/mol. The van der Waals surface area contributed by atoms with Gasteiger partial charge in [-0.15, -0.1) is 0 Å². The van der Waals surface area contributed by atoms with Gasteiger partial charge in [0.2, 0.25) is 5.91 Å². The second-order valence-electron chi connectivity index (χ2n) is 11.2. The van der Waals surface area contributed by atoms with Crippen molar-refractivity contribution < 1.29 is 9.53 Å². The summed E-state index contributed by atoms with van der Waals surface area (Å²) in [5.41, 5.74) is 4.30. The van der Waals surface area contributed by atoms with Crippen LogP contribution in [0.3, 0.4) is 0 Å². The van der Waals surface area contributed by atoms with Gasteiger partial charge in [0.05, 0.1) is 18.2 Å². The first-order valence-corrected chi connectivity index (χ1v) is 11.3. The van der Waals surface area contributed by atoms with E-state index in [2.05, 4.69) is 38.2 Å². The first kappa shape index (κ1) is 20.4. The highest BCUT2D eigenvalue weighted by Crippen LogP contribution is 2.69. The molecule has 0 aromatic heterocycles. The lowest BCUT2D eigenvalue weighted by Crippen LogP contribution is -2.59. The maximum Gasteiger partial charge on any atom is 0.246 e. The second kappa shape index (κ2) is 7.45. The maximum atomic E-state index is 13.2. The number of hydrogen-bond acceptors (Lipinski definition) is 3. The molecule has 0 heterocycles. The van der Waals surface area contributed by atoms with Gasteiger partial charge in [-0.25, -0.2) is 5.43 Å². The van der Waals surface area contributed by atoms with Crippen molar-refractivity contribution in [2.24, 2.45) is 33.2 Å². The van der Waals surface area contributed by atoms with Crippen LogP contribution in [0.2, 0.25) is 0 Å². The molecular formula is C25H36N2O2. The number of carbonyl (C=O) groups is 1. The molecule has 1 aromatic carbocycles. The molecule has 4 aliphatic carbocycles. The van der Waals surface area contributed by atoms with Crippen molar-refractivity contribution in [2.45, 2.75) is 72.6 Å². The van der Waals surface area contributed by atoms with Crippen molar-refractivity contribution in [3.05, 3.63) is 29.8 Å². The number of nitrogens with one attached hydrogen (secondary N) is 1. The number of amides is 1. The van der Waals surface area contributed by atoms with Crippen molar-refractivity contribution in [3.63, 3.8) is 0 Å². The topological polar surface area (TPSA) is 50.7 Å². The summed E-state index contributed by atoms with van der Waals surface area (Å²) in [7, 11) is 0. The van der Waals surface area contributed by atoms with Crippen LogP contribution >= 0.6 is 0 Å². The molecule has 0 aliphatic heterocycles. The average molecular weight is 397 g/mol. The highest BCUT2D eigenvalue weighted by molar-refractivity contribution is 5.86. The Labute approximate surface area is 175 Å². The molecule has 0 saturated heterocycles. The molecule has 1 aromatic rings. The van der Waals surface area contributed by atoms with Crippen molar-refractivity contribution in [3.8, 4) is 5.75 Å². The third-order valence-corrected chi connectivity index (χ3v) is 7.33. The Balaban J connectivity index is 1.34. The molecule has 0 spiro atoms. The Morgan fingerprint density at radius 3 is 2.38 bits per heavy atom. The minimum absolute atomic E-state index is 0.129. The van der Waals surface area contributed by atoms with Crippen LogP contribution in [0, 0.1) is 28.1 Å². The Hall–Kier alpha value is -1.84. The minimum Gasteiger partial charge on any atom is -0.494 e. The summed E-state index contributed by atoms with van der Waals surface area (Å²) in [6.45, 7) is 9.92. The molecule has 5 rings (SSSR count). The lowest BCUT2D eigenvalue weighted by Gasteiger charge is -2.64. The molecule has 158 valence electrons. The molecule has 0 radical (unpaired) electrons. The molecule has 1 N–H and O–H groups in total. The molecule has 4 nitrogen and oxygen atoms in total. The van der Waals surface area contributed by atoms with Crippen LogP contribution in [-0.2, 0) is 4.79 Å². The van der Waals surface area contributed by atoms with E-state index in [-0.39, 0.29) is 11.3 Å². The van der Waals surface area contributed by atoms with E-state index in [0.717, 1.165) is 43.6 Å². The van der Waals surface area contributed by atoms with Gasteiger partial charge >= 0.3 is 0 Å². The number of hydrogen-bond donors (Lipinski definition) is 1. The van der Waals surface area contributed by atoms with Gasteiger partial charge in [-0.3, -0.25) is 4.79 Å². The van der Waals surface area contributed by atoms with E-state index in [1.807, 2.05) is 24.3 Å². The number of rotatable bonds is 7. The zero-order chi connectivity index (χ0) is 20.7. The highest BCUT2D eigenvalue weighted by Gasteiger charge is 2.62. The summed E-state index contributed by atoms with van der Waals surface area (Å²) >= 11 is 0. The van der Waals surface area contributed by atoms with E-state index in [9.17, 15) is 4.79 Å².